The van der Waals surface area contributed by atoms with Crippen LogP contribution in [-0.4, -0.2) is 22.2 Å². The Hall–Kier alpha value is -3.77. The van der Waals surface area contributed by atoms with Crippen LogP contribution in [-0.2, 0) is 13.6 Å². The highest BCUT2D eigenvalue weighted by Crippen LogP contribution is 2.49. The Morgan fingerprint density at radius 2 is 1.41 bits per heavy atom. The Balaban J connectivity index is 1.41. The highest BCUT2D eigenvalue weighted by molar-refractivity contribution is 7.62. The first-order valence-electron chi connectivity index (χ1n) is 12.8. The van der Waals surface area contributed by atoms with Crippen LogP contribution in [0.2, 0.25) is 0 Å². The lowest BCUT2D eigenvalue weighted by Gasteiger charge is -2.23. The molecule has 0 unspecified atom stereocenters. The summed E-state index contributed by atoms with van der Waals surface area (Å²) in [5, 5.41) is 0.380. The maximum Gasteiger partial charge on any atom is 0.361 e. The van der Waals surface area contributed by atoms with Crippen molar-refractivity contribution in [2.24, 2.45) is 0 Å². The molecule has 1 aromatic heterocycles. The quantitative estimate of drug-likeness (QED) is 0.188. The third-order valence-corrected chi connectivity index (χ3v) is 8.21. The molecule has 0 aliphatic rings. The molecule has 1 N–H and O–H groups in total. The number of ether oxygens (including phenoxy) is 1. The molecule has 0 saturated heterocycles. The van der Waals surface area contributed by atoms with Gasteiger partial charge in [-0.25, -0.2) is 4.39 Å². The minimum Gasteiger partial charge on any atom is -0.426 e. The highest BCUT2D eigenvalue weighted by Gasteiger charge is 2.31. The zero-order valence-electron chi connectivity index (χ0n) is 22.2. The first-order chi connectivity index (χ1) is 18.7. The number of aromatic nitrogens is 2. The molecule has 5 aromatic rings. The molecule has 0 amide bonds. The molecule has 8 heteroatoms. The predicted octanol–water partition coefficient (Wildman–Crippen LogP) is 8.50. The Morgan fingerprint density at radius 3 is 2.08 bits per heavy atom. The van der Waals surface area contributed by atoms with Crippen molar-refractivity contribution in [3.8, 4) is 34.0 Å². The standard InChI is InChI=1S/C31H30FN2O4P/c1-20(2)37-39(35,38-21(3)4)26-12-8-11-25(17-26)36-31-33-29-18-27(28(32)19-30(29)34-31)24-15-13-23(14-16-24)22-9-6-5-7-10-22/h5-21H,1-4H3,(H,33,34). The number of imidazole rings is 1. The van der Waals surface area contributed by atoms with Crippen molar-refractivity contribution in [1.82, 2.24) is 9.97 Å². The van der Waals surface area contributed by atoms with E-state index in [0.29, 0.717) is 27.7 Å². The van der Waals surface area contributed by atoms with Crippen LogP contribution in [0.5, 0.6) is 11.8 Å². The largest absolute Gasteiger partial charge is 0.426 e. The predicted molar refractivity (Wildman–Crippen MR) is 153 cm³/mol. The van der Waals surface area contributed by atoms with E-state index in [1.54, 1.807) is 58.0 Å². The number of nitrogens with one attached hydrogen (secondary N) is 1. The fraction of sp³-hybridized carbons (Fsp3) is 0.194. The van der Waals surface area contributed by atoms with Crippen molar-refractivity contribution in [1.29, 1.82) is 0 Å². The lowest BCUT2D eigenvalue weighted by molar-refractivity contribution is 0.150. The Kier molecular flexibility index (Phi) is 7.67. The van der Waals surface area contributed by atoms with E-state index in [9.17, 15) is 4.57 Å². The number of hydrogen-bond donors (Lipinski definition) is 1. The molecule has 0 aliphatic heterocycles. The second-order valence-corrected chi connectivity index (χ2v) is 11.7. The second kappa shape index (κ2) is 11.1. The number of fused-ring (bicyclic) bond motifs is 1. The average Bonchev–Trinajstić information content (AvgIpc) is 3.29. The number of benzene rings is 4. The van der Waals surface area contributed by atoms with Gasteiger partial charge in [0.15, 0.2) is 0 Å². The fourth-order valence-corrected chi connectivity index (χ4v) is 6.24. The van der Waals surface area contributed by atoms with Crippen LogP contribution in [0, 0.1) is 5.82 Å². The number of H-pyrrole nitrogens is 1. The summed E-state index contributed by atoms with van der Waals surface area (Å²) in [6.07, 6.45) is -0.596. The molecule has 0 saturated carbocycles. The van der Waals surface area contributed by atoms with E-state index >= 15 is 4.39 Å². The van der Waals surface area contributed by atoms with Crippen LogP contribution in [0.4, 0.5) is 4.39 Å². The van der Waals surface area contributed by atoms with Gasteiger partial charge in [0.1, 0.15) is 11.6 Å². The first kappa shape index (κ1) is 26.8. The smallest absolute Gasteiger partial charge is 0.361 e. The van der Waals surface area contributed by atoms with Gasteiger partial charge in [-0.15, -0.1) is 0 Å². The van der Waals surface area contributed by atoms with E-state index in [0.717, 1.165) is 16.7 Å². The van der Waals surface area contributed by atoms with Gasteiger partial charge in [-0.2, -0.15) is 4.98 Å². The highest BCUT2D eigenvalue weighted by atomic mass is 31.2. The molecule has 200 valence electrons. The van der Waals surface area contributed by atoms with Crippen molar-refractivity contribution >= 4 is 23.9 Å². The molecule has 1 heterocycles. The zero-order valence-corrected chi connectivity index (χ0v) is 23.1. The summed E-state index contributed by atoms with van der Waals surface area (Å²) < 4.78 is 46.0. The Labute approximate surface area is 227 Å². The maximum atomic E-state index is 15.1. The monoisotopic (exact) mass is 544 g/mol. The maximum absolute atomic E-state index is 15.1. The summed E-state index contributed by atoms with van der Waals surface area (Å²) in [4.78, 5) is 7.52. The second-order valence-electron chi connectivity index (χ2n) is 9.74. The number of aromatic amines is 1. The first-order valence-corrected chi connectivity index (χ1v) is 14.3. The minimum absolute atomic E-state index is 0.183. The lowest BCUT2D eigenvalue weighted by atomic mass is 10.00. The molecule has 0 radical (unpaired) electrons. The molecular formula is C31H30FN2O4P. The van der Waals surface area contributed by atoms with Gasteiger partial charge < -0.3 is 18.8 Å². The summed E-state index contributed by atoms with van der Waals surface area (Å²) in [6.45, 7) is 7.21. The molecule has 0 atom stereocenters. The third kappa shape index (κ3) is 6.12. The van der Waals surface area contributed by atoms with E-state index in [4.69, 9.17) is 13.8 Å². The molecule has 0 fully saturated rings. The lowest BCUT2D eigenvalue weighted by Crippen LogP contribution is -2.16. The fourth-order valence-electron chi connectivity index (χ4n) is 4.28. The summed E-state index contributed by atoms with van der Waals surface area (Å²) in [7, 11) is -3.57. The molecule has 6 nitrogen and oxygen atoms in total. The molecule has 5 rings (SSSR count). The average molecular weight is 545 g/mol. The van der Waals surface area contributed by atoms with Crippen molar-refractivity contribution in [2.45, 2.75) is 39.9 Å². The molecule has 39 heavy (non-hydrogen) atoms. The van der Waals surface area contributed by atoms with E-state index in [1.165, 1.54) is 6.07 Å². The third-order valence-electron chi connectivity index (χ3n) is 5.90. The topological polar surface area (TPSA) is 73.4 Å². The number of rotatable bonds is 9. The van der Waals surface area contributed by atoms with Gasteiger partial charge in [-0.05, 0) is 68.7 Å². The molecule has 4 aromatic carbocycles. The molecular weight excluding hydrogens is 514 g/mol. The number of halogens is 1. The Morgan fingerprint density at radius 1 is 0.769 bits per heavy atom. The van der Waals surface area contributed by atoms with Gasteiger partial charge in [-0.1, -0.05) is 60.7 Å². The van der Waals surface area contributed by atoms with Crippen molar-refractivity contribution < 1.29 is 22.7 Å². The van der Waals surface area contributed by atoms with E-state index in [-0.39, 0.29) is 24.0 Å². The van der Waals surface area contributed by atoms with Crippen LogP contribution in [0.15, 0.2) is 91.0 Å². The molecule has 0 spiro atoms. The number of hydrogen-bond acceptors (Lipinski definition) is 5. The summed E-state index contributed by atoms with van der Waals surface area (Å²) in [6, 6.07) is 27.8. The Bertz CT molecular complexity index is 1620. The van der Waals surface area contributed by atoms with Crippen molar-refractivity contribution in [3.05, 3.63) is 96.8 Å². The van der Waals surface area contributed by atoms with Crippen molar-refractivity contribution in [3.63, 3.8) is 0 Å². The van der Waals surface area contributed by atoms with Crippen LogP contribution in [0.25, 0.3) is 33.3 Å². The van der Waals surface area contributed by atoms with E-state index in [1.807, 2.05) is 54.6 Å². The van der Waals surface area contributed by atoms with Crippen LogP contribution >= 0.6 is 7.60 Å². The summed E-state index contributed by atoms with van der Waals surface area (Å²) in [5.41, 5.74) is 4.40. The SMILES string of the molecule is CC(C)OP(=O)(OC(C)C)c1cccc(Oc2nc3cc(-c4ccc(-c5ccccc5)cc4)c(F)cc3[nH]2)c1. The summed E-state index contributed by atoms with van der Waals surface area (Å²) in [5.74, 6) is 0.0217. The molecule has 0 bridgehead atoms. The summed E-state index contributed by atoms with van der Waals surface area (Å²) >= 11 is 0. The normalized spacial score (nSPS) is 12.0. The van der Waals surface area contributed by atoms with Gasteiger partial charge >= 0.3 is 7.60 Å². The zero-order chi connectivity index (χ0) is 27.6. The van der Waals surface area contributed by atoms with Gasteiger partial charge in [0.2, 0.25) is 0 Å². The van der Waals surface area contributed by atoms with Crippen LogP contribution < -0.4 is 10.0 Å². The number of nitrogens with zero attached hydrogens (tertiary/aromatic N) is 1. The van der Waals surface area contributed by atoms with Crippen molar-refractivity contribution in [2.75, 3.05) is 0 Å². The molecule has 0 aliphatic carbocycles. The minimum atomic E-state index is -3.57. The van der Waals surface area contributed by atoms with Gasteiger partial charge in [0.25, 0.3) is 6.01 Å². The van der Waals surface area contributed by atoms with E-state index < -0.39 is 7.60 Å². The van der Waals surface area contributed by atoms with Gasteiger partial charge in [0, 0.05) is 11.6 Å². The van der Waals surface area contributed by atoms with Crippen LogP contribution in [0.1, 0.15) is 27.7 Å². The van der Waals surface area contributed by atoms with Gasteiger partial charge in [0.05, 0.1) is 28.5 Å². The van der Waals surface area contributed by atoms with Crippen LogP contribution in [0.3, 0.4) is 0 Å². The van der Waals surface area contributed by atoms with E-state index in [2.05, 4.69) is 9.97 Å². The van der Waals surface area contributed by atoms with Gasteiger partial charge in [-0.3, -0.25) is 4.57 Å².